The molecule has 1 fully saturated rings. The Morgan fingerprint density at radius 3 is 1.63 bits per heavy atom. The molecule has 0 amide bonds. The van der Waals surface area contributed by atoms with E-state index in [-0.39, 0.29) is 5.92 Å². The fourth-order valence-corrected chi connectivity index (χ4v) is 4.62. The Bertz CT molecular complexity index is 723. The molecule has 1 saturated heterocycles. The summed E-state index contributed by atoms with van der Waals surface area (Å²) in [5, 5.41) is 12.3. The van der Waals surface area contributed by atoms with Crippen molar-refractivity contribution in [3.63, 3.8) is 0 Å². The van der Waals surface area contributed by atoms with Crippen molar-refractivity contribution in [1.82, 2.24) is 4.90 Å². The van der Waals surface area contributed by atoms with Gasteiger partial charge in [-0.2, -0.15) is 0 Å². The molecule has 0 radical (unpaired) electrons. The molecule has 1 aliphatic heterocycles. The van der Waals surface area contributed by atoms with Crippen LogP contribution in [-0.4, -0.2) is 57.8 Å². The summed E-state index contributed by atoms with van der Waals surface area (Å²) in [4.78, 5) is 6.76. The Hall–Kier alpha value is -2.04. The van der Waals surface area contributed by atoms with Gasteiger partial charge in [0.25, 0.3) is 0 Å². The minimum atomic E-state index is -0.966. The van der Waals surface area contributed by atoms with E-state index in [0.717, 1.165) is 48.4 Å². The lowest BCUT2D eigenvalue weighted by Gasteiger charge is -2.42. The maximum Gasteiger partial charge on any atom is 0.117 e. The van der Waals surface area contributed by atoms with E-state index in [4.69, 9.17) is 0 Å². The highest BCUT2D eigenvalue weighted by atomic mass is 16.3. The van der Waals surface area contributed by atoms with Crippen molar-refractivity contribution in [2.24, 2.45) is 5.92 Å². The molecule has 1 aliphatic rings. The first kappa shape index (κ1) is 22.6. The van der Waals surface area contributed by atoms with Gasteiger partial charge < -0.3 is 19.8 Å². The van der Waals surface area contributed by atoms with E-state index in [1.807, 2.05) is 28.2 Å². The molecule has 2 aromatic carbocycles. The van der Waals surface area contributed by atoms with Crippen LogP contribution in [0.25, 0.3) is 0 Å². The van der Waals surface area contributed by atoms with Crippen LogP contribution in [0.1, 0.15) is 43.7 Å². The Labute approximate surface area is 183 Å². The summed E-state index contributed by atoms with van der Waals surface area (Å²) in [5.41, 5.74) is 3.33. The van der Waals surface area contributed by atoms with Gasteiger partial charge in [-0.15, -0.1) is 0 Å². The Morgan fingerprint density at radius 1 is 0.833 bits per heavy atom. The lowest BCUT2D eigenvalue weighted by molar-refractivity contribution is -0.0142. The second-order valence-electron chi connectivity index (χ2n) is 9.12. The van der Waals surface area contributed by atoms with Crippen molar-refractivity contribution < 1.29 is 5.11 Å². The van der Waals surface area contributed by atoms with Crippen molar-refractivity contribution >= 4 is 11.4 Å². The fraction of sp³-hybridized carbons (Fsp3) is 0.538. The van der Waals surface area contributed by atoms with Crippen molar-refractivity contribution in [2.75, 3.05) is 57.6 Å². The number of likely N-dealkylation sites (tertiary alicyclic amines) is 1. The molecule has 30 heavy (non-hydrogen) atoms. The third kappa shape index (κ3) is 4.81. The molecule has 0 saturated carbocycles. The van der Waals surface area contributed by atoms with Gasteiger partial charge in [-0.25, -0.2) is 0 Å². The third-order valence-electron chi connectivity index (χ3n) is 6.65. The topological polar surface area (TPSA) is 30.0 Å². The summed E-state index contributed by atoms with van der Waals surface area (Å²) < 4.78 is 0. The lowest BCUT2D eigenvalue weighted by atomic mass is 9.72. The summed E-state index contributed by atoms with van der Waals surface area (Å²) >= 11 is 0. The van der Waals surface area contributed by atoms with Gasteiger partial charge in [0.05, 0.1) is 0 Å². The van der Waals surface area contributed by atoms with Crippen molar-refractivity contribution in [3.8, 4) is 0 Å². The quantitative estimate of drug-likeness (QED) is 0.692. The first-order valence-electron chi connectivity index (χ1n) is 11.4. The van der Waals surface area contributed by atoms with Crippen LogP contribution in [0.4, 0.5) is 11.4 Å². The van der Waals surface area contributed by atoms with Gasteiger partial charge in [0, 0.05) is 39.6 Å². The van der Waals surface area contributed by atoms with E-state index < -0.39 is 5.60 Å². The molecule has 0 aromatic heterocycles. The molecule has 3 rings (SSSR count). The molecule has 1 N–H and O–H groups in total. The summed E-state index contributed by atoms with van der Waals surface area (Å²) in [6.45, 7) is 5.56. The van der Waals surface area contributed by atoms with E-state index in [0.29, 0.717) is 0 Å². The smallest absolute Gasteiger partial charge is 0.117 e. The van der Waals surface area contributed by atoms with Crippen LogP contribution in [0.15, 0.2) is 48.5 Å². The average molecular weight is 410 g/mol. The van der Waals surface area contributed by atoms with Crippen LogP contribution >= 0.6 is 0 Å². The molecule has 4 nitrogen and oxygen atoms in total. The van der Waals surface area contributed by atoms with Crippen LogP contribution < -0.4 is 9.80 Å². The van der Waals surface area contributed by atoms with Crippen molar-refractivity contribution in [2.45, 2.75) is 38.2 Å². The van der Waals surface area contributed by atoms with Crippen LogP contribution in [0.3, 0.4) is 0 Å². The summed E-state index contributed by atoms with van der Waals surface area (Å²) in [6.07, 6.45) is 4.53. The number of aliphatic hydroxyl groups is 1. The SMILES string of the molecule is CCCCN1CCC(C(O)(c2ccc(N(C)C)cc2)c2ccc(N(C)C)cc2)CC1. The van der Waals surface area contributed by atoms with E-state index >= 15 is 0 Å². The number of nitrogens with zero attached hydrogens (tertiary/aromatic N) is 3. The molecule has 4 heteroatoms. The Kier molecular flexibility index (Phi) is 7.43. The molecule has 2 aromatic rings. The summed E-state index contributed by atoms with van der Waals surface area (Å²) in [5.74, 6) is 0.214. The first-order valence-corrected chi connectivity index (χ1v) is 11.4. The average Bonchev–Trinajstić information content (AvgIpc) is 2.77. The van der Waals surface area contributed by atoms with E-state index in [1.54, 1.807) is 0 Å². The number of hydrogen-bond donors (Lipinski definition) is 1. The van der Waals surface area contributed by atoms with Gasteiger partial charge in [-0.05, 0) is 80.2 Å². The predicted molar refractivity (Wildman–Crippen MR) is 129 cm³/mol. The van der Waals surface area contributed by atoms with E-state index in [2.05, 4.69) is 70.2 Å². The van der Waals surface area contributed by atoms with Crippen molar-refractivity contribution in [1.29, 1.82) is 0 Å². The van der Waals surface area contributed by atoms with E-state index in [9.17, 15) is 5.11 Å². The predicted octanol–water partition coefficient (Wildman–Crippen LogP) is 4.57. The first-order chi connectivity index (χ1) is 14.4. The zero-order valence-corrected chi connectivity index (χ0v) is 19.4. The largest absolute Gasteiger partial charge is 0.380 e. The molecule has 0 bridgehead atoms. The second-order valence-corrected chi connectivity index (χ2v) is 9.12. The number of benzene rings is 2. The number of anilines is 2. The zero-order valence-electron chi connectivity index (χ0n) is 19.4. The van der Waals surface area contributed by atoms with Crippen LogP contribution in [0, 0.1) is 5.92 Å². The lowest BCUT2D eigenvalue weighted by Crippen LogP contribution is -2.44. The molecule has 1 heterocycles. The van der Waals surface area contributed by atoms with Gasteiger partial charge in [-0.3, -0.25) is 0 Å². The summed E-state index contributed by atoms with van der Waals surface area (Å²) in [6, 6.07) is 16.9. The molecule has 0 aliphatic carbocycles. The molecular weight excluding hydrogens is 370 g/mol. The zero-order chi connectivity index (χ0) is 21.7. The molecule has 0 spiro atoms. The second kappa shape index (κ2) is 9.84. The van der Waals surface area contributed by atoms with Gasteiger partial charge >= 0.3 is 0 Å². The molecule has 0 unspecified atom stereocenters. The van der Waals surface area contributed by atoms with Crippen LogP contribution in [-0.2, 0) is 5.60 Å². The highest BCUT2D eigenvalue weighted by Gasteiger charge is 2.41. The monoisotopic (exact) mass is 409 g/mol. The standard InChI is InChI=1S/C26H39N3O/c1-6-7-18-29-19-16-23(17-20-29)26(30,21-8-12-24(13-9-21)27(2)3)22-10-14-25(15-11-22)28(4)5/h8-15,23,30H,6-7,16-20H2,1-5H3. The Balaban J connectivity index is 1.92. The van der Waals surface area contributed by atoms with Crippen molar-refractivity contribution in [3.05, 3.63) is 59.7 Å². The molecule has 0 atom stereocenters. The number of piperidine rings is 1. The maximum absolute atomic E-state index is 12.3. The Morgan fingerprint density at radius 2 is 1.27 bits per heavy atom. The number of rotatable bonds is 8. The van der Waals surface area contributed by atoms with Crippen LogP contribution in [0.2, 0.25) is 0 Å². The van der Waals surface area contributed by atoms with Gasteiger partial charge in [0.2, 0.25) is 0 Å². The maximum atomic E-state index is 12.3. The molecule has 164 valence electrons. The molecular formula is C26H39N3O. The van der Waals surface area contributed by atoms with Gasteiger partial charge in [0.15, 0.2) is 0 Å². The van der Waals surface area contributed by atoms with Crippen LogP contribution in [0.5, 0.6) is 0 Å². The minimum absolute atomic E-state index is 0.214. The normalized spacial score (nSPS) is 15.9. The fourth-order valence-electron chi connectivity index (χ4n) is 4.62. The summed E-state index contributed by atoms with van der Waals surface area (Å²) in [7, 11) is 8.20. The number of unbranched alkanes of at least 4 members (excludes halogenated alkanes) is 1. The van der Waals surface area contributed by atoms with Gasteiger partial charge in [-0.1, -0.05) is 37.6 Å². The van der Waals surface area contributed by atoms with E-state index in [1.165, 1.54) is 19.4 Å². The highest BCUT2D eigenvalue weighted by molar-refractivity contribution is 5.52. The third-order valence-corrected chi connectivity index (χ3v) is 6.65. The minimum Gasteiger partial charge on any atom is -0.380 e. The van der Waals surface area contributed by atoms with Gasteiger partial charge in [0.1, 0.15) is 5.60 Å². The number of hydrogen-bond acceptors (Lipinski definition) is 4. The highest BCUT2D eigenvalue weighted by Crippen LogP contribution is 2.42.